The minimum absolute atomic E-state index is 0.179. The molecule has 0 saturated carbocycles. The number of aliphatic imine (C=N–C) groups is 1. The number of aromatic nitrogens is 1. The Morgan fingerprint density at radius 2 is 1.70 bits per heavy atom. The summed E-state index contributed by atoms with van der Waals surface area (Å²) in [6.07, 6.45) is 0. The van der Waals surface area contributed by atoms with Gasteiger partial charge in [-0.1, -0.05) is 36.4 Å². The fourth-order valence-electron chi connectivity index (χ4n) is 3.58. The molecule has 0 aromatic heterocycles. The van der Waals surface area contributed by atoms with E-state index in [0.29, 0.717) is 34.1 Å². The maximum Gasteiger partial charge on any atom is 0.323 e. The van der Waals surface area contributed by atoms with E-state index in [1.807, 2.05) is 50.2 Å². The molecule has 2 aromatic carbocycles. The van der Waals surface area contributed by atoms with Crippen LogP contribution in [0.5, 0.6) is 5.75 Å². The topological polar surface area (TPSA) is 95.6 Å². The summed E-state index contributed by atoms with van der Waals surface area (Å²) in [5.74, 6) is 0.652. The van der Waals surface area contributed by atoms with Gasteiger partial charge in [-0.3, -0.25) is 9.79 Å². The molecule has 7 nitrogen and oxygen atoms in total. The zero-order valence-corrected chi connectivity index (χ0v) is 18.6. The molecule has 0 spiro atoms. The Hall–Kier alpha value is -4.39. The molecule has 1 aliphatic carbocycles. The van der Waals surface area contributed by atoms with Crippen molar-refractivity contribution in [1.82, 2.24) is 4.98 Å². The average Bonchev–Trinajstić information content (AvgIpc) is 2.94. The summed E-state index contributed by atoms with van der Waals surface area (Å²) in [5, 5.41) is 5.60. The molecule has 2 amide bonds. The van der Waals surface area contributed by atoms with Gasteiger partial charge in [-0.05, 0) is 49.7 Å². The van der Waals surface area contributed by atoms with Crippen LogP contribution >= 0.6 is 0 Å². The maximum absolute atomic E-state index is 12.6. The standard InChI is InChI=1S/C26H24N4O3/c1-16-12-13-19(29-26(32)28-18-8-7-9-20(14-18)33-3)15-23(16)27-17(2)24-21-10-5-4-6-11-22(21)30-25(24)31/h4-15H,1-3H3,(H,30,31)(H2,28,29,32). The van der Waals surface area contributed by atoms with E-state index in [2.05, 4.69) is 15.6 Å². The molecular weight excluding hydrogens is 416 g/mol. The molecule has 1 heterocycles. The Labute approximate surface area is 191 Å². The van der Waals surface area contributed by atoms with Crippen LogP contribution in [0.1, 0.15) is 18.1 Å². The Kier molecular flexibility index (Phi) is 6.22. The zero-order valence-electron chi connectivity index (χ0n) is 18.6. The van der Waals surface area contributed by atoms with Gasteiger partial charge in [0.25, 0.3) is 5.56 Å². The van der Waals surface area contributed by atoms with E-state index in [-0.39, 0.29) is 11.6 Å². The van der Waals surface area contributed by atoms with Crippen molar-refractivity contribution in [2.45, 2.75) is 13.8 Å². The minimum Gasteiger partial charge on any atom is -0.497 e. The third-order valence-electron chi connectivity index (χ3n) is 5.23. The van der Waals surface area contributed by atoms with Crippen molar-refractivity contribution in [3.05, 3.63) is 94.3 Å². The quantitative estimate of drug-likeness (QED) is 0.354. The second-order valence-electron chi connectivity index (χ2n) is 7.58. The number of rotatable bonds is 5. The Balaban J connectivity index is 1.58. The van der Waals surface area contributed by atoms with Crippen molar-refractivity contribution in [3.63, 3.8) is 0 Å². The predicted molar refractivity (Wildman–Crippen MR) is 132 cm³/mol. The van der Waals surface area contributed by atoms with E-state index < -0.39 is 0 Å². The number of aromatic amines is 1. The number of anilines is 2. The number of amides is 2. The van der Waals surface area contributed by atoms with Gasteiger partial charge in [-0.25, -0.2) is 4.79 Å². The van der Waals surface area contributed by atoms with Gasteiger partial charge >= 0.3 is 6.03 Å². The SMILES string of the molecule is COc1cccc(NC(=O)Nc2ccc(C)c(N=C(C)c3c4cccccc-4[nH]c3=O)c2)c1. The van der Waals surface area contributed by atoms with Crippen molar-refractivity contribution < 1.29 is 9.53 Å². The van der Waals surface area contributed by atoms with Crippen molar-refractivity contribution in [1.29, 1.82) is 0 Å². The van der Waals surface area contributed by atoms with Crippen LogP contribution in [0.4, 0.5) is 21.9 Å². The lowest BCUT2D eigenvalue weighted by Gasteiger charge is -2.10. The van der Waals surface area contributed by atoms with Crippen LogP contribution in [0.2, 0.25) is 0 Å². The van der Waals surface area contributed by atoms with Gasteiger partial charge in [0.1, 0.15) is 5.75 Å². The van der Waals surface area contributed by atoms with E-state index >= 15 is 0 Å². The largest absolute Gasteiger partial charge is 0.497 e. The van der Waals surface area contributed by atoms with Crippen molar-refractivity contribution in [3.8, 4) is 17.0 Å². The molecule has 2 aromatic rings. The van der Waals surface area contributed by atoms with Crippen LogP contribution in [0.3, 0.4) is 0 Å². The molecule has 0 bridgehead atoms. The first kappa shape index (κ1) is 21.8. The van der Waals surface area contributed by atoms with Crippen LogP contribution < -0.4 is 20.9 Å². The minimum atomic E-state index is -0.385. The Morgan fingerprint density at radius 3 is 2.48 bits per heavy atom. The van der Waals surface area contributed by atoms with Gasteiger partial charge in [0.2, 0.25) is 0 Å². The van der Waals surface area contributed by atoms with Crippen LogP contribution in [-0.4, -0.2) is 23.8 Å². The highest BCUT2D eigenvalue weighted by Crippen LogP contribution is 2.27. The number of carbonyl (C=O) groups excluding carboxylic acids is 1. The molecule has 0 radical (unpaired) electrons. The van der Waals surface area contributed by atoms with Crippen LogP contribution in [0.15, 0.2) is 82.6 Å². The van der Waals surface area contributed by atoms with Crippen molar-refractivity contribution in [2.75, 3.05) is 17.7 Å². The molecule has 0 atom stereocenters. The lowest BCUT2D eigenvalue weighted by atomic mass is 10.1. The highest BCUT2D eigenvalue weighted by Gasteiger charge is 2.16. The summed E-state index contributed by atoms with van der Waals surface area (Å²) in [6, 6.07) is 21.6. The highest BCUT2D eigenvalue weighted by atomic mass is 16.5. The molecule has 7 heteroatoms. The molecule has 3 N–H and O–H groups in total. The van der Waals surface area contributed by atoms with Crippen LogP contribution in [-0.2, 0) is 0 Å². The summed E-state index contributed by atoms with van der Waals surface area (Å²) in [6.45, 7) is 3.74. The summed E-state index contributed by atoms with van der Waals surface area (Å²) < 4.78 is 5.18. The number of fused-ring (bicyclic) bond motifs is 1. The Bertz CT molecular complexity index is 1370. The van der Waals surface area contributed by atoms with Crippen LogP contribution in [0, 0.1) is 6.92 Å². The number of H-pyrrole nitrogens is 1. The first-order chi connectivity index (χ1) is 15.9. The van der Waals surface area contributed by atoms with E-state index in [9.17, 15) is 9.59 Å². The molecular formula is C26H24N4O3. The summed E-state index contributed by atoms with van der Waals surface area (Å²) in [4.78, 5) is 32.6. The number of methoxy groups -OCH3 is 1. The number of nitrogens with one attached hydrogen (secondary N) is 3. The van der Waals surface area contributed by atoms with E-state index in [0.717, 1.165) is 16.8 Å². The van der Waals surface area contributed by atoms with Crippen molar-refractivity contribution in [2.24, 2.45) is 4.99 Å². The lowest BCUT2D eigenvalue weighted by molar-refractivity contribution is 0.262. The fourth-order valence-corrected chi connectivity index (χ4v) is 3.58. The molecule has 2 aliphatic rings. The molecule has 4 rings (SSSR count). The lowest BCUT2D eigenvalue weighted by Crippen LogP contribution is -2.19. The van der Waals surface area contributed by atoms with Gasteiger partial charge in [0.15, 0.2) is 0 Å². The normalized spacial score (nSPS) is 11.3. The van der Waals surface area contributed by atoms with Gasteiger partial charge in [-0.15, -0.1) is 0 Å². The number of ether oxygens (including phenoxy) is 1. The summed E-state index contributed by atoms with van der Waals surface area (Å²) in [5.41, 5.74) is 5.32. The highest BCUT2D eigenvalue weighted by molar-refractivity contribution is 6.06. The Morgan fingerprint density at radius 1 is 0.939 bits per heavy atom. The monoisotopic (exact) mass is 440 g/mol. The zero-order chi connectivity index (χ0) is 23.4. The maximum atomic E-state index is 12.6. The summed E-state index contributed by atoms with van der Waals surface area (Å²) in [7, 11) is 1.57. The van der Waals surface area contributed by atoms with Gasteiger partial charge in [0, 0.05) is 28.7 Å². The molecule has 33 heavy (non-hydrogen) atoms. The molecule has 166 valence electrons. The molecule has 0 unspecified atom stereocenters. The first-order valence-corrected chi connectivity index (χ1v) is 10.4. The second kappa shape index (κ2) is 9.40. The number of aryl methyl sites for hydroxylation is 1. The third-order valence-corrected chi connectivity index (χ3v) is 5.23. The number of carbonyl (C=O) groups is 1. The molecule has 1 aliphatic heterocycles. The number of benzene rings is 2. The van der Waals surface area contributed by atoms with E-state index in [1.54, 1.807) is 43.5 Å². The van der Waals surface area contributed by atoms with Gasteiger partial charge in [0.05, 0.1) is 24.1 Å². The number of nitrogens with zero attached hydrogens (tertiary/aromatic N) is 1. The van der Waals surface area contributed by atoms with E-state index in [4.69, 9.17) is 9.73 Å². The van der Waals surface area contributed by atoms with Crippen LogP contribution in [0.25, 0.3) is 11.3 Å². The molecule has 0 fully saturated rings. The average molecular weight is 441 g/mol. The van der Waals surface area contributed by atoms with Gasteiger partial charge < -0.3 is 20.4 Å². The molecule has 0 saturated heterocycles. The number of urea groups is 1. The van der Waals surface area contributed by atoms with Crippen molar-refractivity contribution >= 4 is 28.8 Å². The fraction of sp³-hybridized carbons (Fsp3) is 0.115. The van der Waals surface area contributed by atoms with Gasteiger partial charge in [-0.2, -0.15) is 0 Å². The smallest absolute Gasteiger partial charge is 0.323 e. The number of hydrogen-bond acceptors (Lipinski definition) is 4. The predicted octanol–water partition coefficient (Wildman–Crippen LogP) is 5.58. The number of hydrogen-bond donors (Lipinski definition) is 3. The first-order valence-electron chi connectivity index (χ1n) is 10.4. The van der Waals surface area contributed by atoms with E-state index in [1.165, 1.54) is 0 Å². The summed E-state index contributed by atoms with van der Waals surface area (Å²) >= 11 is 0. The second-order valence-corrected chi connectivity index (χ2v) is 7.58. The third kappa shape index (κ3) is 4.93.